The highest BCUT2D eigenvalue weighted by Crippen LogP contribution is 2.68. The van der Waals surface area contributed by atoms with Crippen LogP contribution >= 0.6 is 23.1 Å². The Kier molecular flexibility index (Phi) is 7.91. The largest absolute Gasteiger partial charge is 0.484 e. The fourth-order valence-electron chi connectivity index (χ4n) is 8.28. The van der Waals surface area contributed by atoms with Crippen molar-refractivity contribution in [2.45, 2.75) is 29.5 Å². The van der Waals surface area contributed by atoms with Gasteiger partial charge in [-0.3, -0.25) is 24.1 Å². The first-order chi connectivity index (χ1) is 23.7. The molecule has 4 aliphatic rings. The fraction of sp³-hybridized carbons (Fsp3) is 0.306. The number of nitrogens with one attached hydrogen (secondary N) is 2. The number of imide groups is 1. The molecule has 7 atom stereocenters. The zero-order valence-electron chi connectivity index (χ0n) is 26.1. The smallest absolute Gasteiger partial charge is 0.338 e. The Morgan fingerprint density at radius 3 is 2.45 bits per heavy atom. The molecule has 0 radical (unpaired) electrons. The average molecular weight is 700 g/mol. The summed E-state index contributed by atoms with van der Waals surface area (Å²) >= 11 is 2.77. The van der Waals surface area contributed by atoms with Gasteiger partial charge in [0.1, 0.15) is 11.6 Å². The molecule has 3 aromatic carbocycles. The molecule has 49 heavy (non-hydrogen) atoms. The predicted octanol–water partition coefficient (Wildman–Crippen LogP) is 5.45. The quantitative estimate of drug-likeness (QED) is 0.183. The lowest BCUT2D eigenvalue weighted by atomic mass is 9.68. The molecule has 2 aliphatic heterocycles. The maximum absolute atomic E-state index is 14.1. The van der Waals surface area contributed by atoms with E-state index in [9.17, 15) is 28.4 Å². The number of H-pyrrole nitrogens is 1. The molecule has 10 nitrogen and oxygen atoms in total. The van der Waals surface area contributed by atoms with E-state index in [-0.39, 0.29) is 58.8 Å². The molecular weight excluding hydrogens is 670 g/mol. The van der Waals surface area contributed by atoms with Crippen molar-refractivity contribution in [1.29, 1.82) is 0 Å². The third kappa shape index (κ3) is 5.35. The Bertz CT molecular complexity index is 2050. The van der Waals surface area contributed by atoms with Crippen LogP contribution in [0.2, 0.25) is 0 Å². The van der Waals surface area contributed by atoms with Crippen molar-refractivity contribution in [3.63, 3.8) is 0 Å². The molecule has 2 N–H and O–H groups in total. The van der Waals surface area contributed by atoms with Crippen LogP contribution in [0.5, 0.6) is 5.75 Å². The minimum atomic E-state index is -0.488. The lowest BCUT2D eigenvalue weighted by molar-refractivity contribution is -0.123. The lowest BCUT2D eigenvalue weighted by Crippen LogP contribution is -2.42. The topological polar surface area (TPSA) is 135 Å². The van der Waals surface area contributed by atoms with E-state index in [1.54, 1.807) is 49.0 Å². The third-order valence-electron chi connectivity index (χ3n) is 10.1. The molecule has 2 saturated carbocycles. The number of anilines is 2. The molecule has 8 rings (SSSR count). The van der Waals surface area contributed by atoms with Gasteiger partial charge in [-0.2, -0.15) is 0 Å². The molecule has 3 fully saturated rings. The average Bonchev–Trinajstić information content (AvgIpc) is 3.84. The second-order valence-electron chi connectivity index (χ2n) is 12.7. The number of amides is 3. The summed E-state index contributed by atoms with van der Waals surface area (Å²) in [7, 11) is 0. The van der Waals surface area contributed by atoms with E-state index in [0.717, 1.165) is 33.2 Å². The molecule has 3 amide bonds. The fourth-order valence-corrected chi connectivity index (χ4v) is 11.2. The van der Waals surface area contributed by atoms with E-state index in [1.165, 1.54) is 29.2 Å². The second-order valence-corrected chi connectivity index (χ2v) is 14.9. The Balaban J connectivity index is 1.06. The molecule has 0 spiro atoms. The minimum Gasteiger partial charge on any atom is -0.484 e. The standard InChI is InChI=1S/C36H30FN3O7S2/c1-2-46-35(44)17-6-12-21(13-7-17)40-33(42)28-23-15-24(29(28)34(40)43)30-27(23)26(31-32(48-30)39-36(45)49-31)18-4-3-5-22(14-18)47-16-25(41)38-20-10-8-19(37)9-11-20/h3-14,23-24,26-30H,2,15-16H2,1H3,(H,38,41)(H,39,45)/t23-,24-,26+,27-,28+,29+,30-/m1/s1. The number of hydrogen-bond donors (Lipinski definition) is 2. The molecule has 250 valence electrons. The number of carbonyl (C=O) groups is 4. The maximum Gasteiger partial charge on any atom is 0.338 e. The highest BCUT2D eigenvalue weighted by Gasteiger charge is 2.69. The van der Waals surface area contributed by atoms with Gasteiger partial charge in [-0.1, -0.05) is 23.5 Å². The maximum atomic E-state index is 14.1. The number of rotatable bonds is 8. The molecule has 4 aromatic rings. The van der Waals surface area contributed by atoms with Crippen LogP contribution in [0, 0.1) is 35.4 Å². The number of halogens is 1. The number of carbonyl (C=O) groups excluding carboxylic acids is 4. The normalized spacial score (nSPS) is 26.2. The van der Waals surface area contributed by atoms with Crippen molar-refractivity contribution in [2.24, 2.45) is 29.6 Å². The van der Waals surface area contributed by atoms with Gasteiger partial charge >= 0.3 is 10.8 Å². The number of benzene rings is 3. The van der Waals surface area contributed by atoms with Gasteiger partial charge < -0.3 is 19.8 Å². The van der Waals surface area contributed by atoms with Gasteiger partial charge in [0.15, 0.2) is 6.61 Å². The molecule has 3 heterocycles. The zero-order valence-corrected chi connectivity index (χ0v) is 27.7. The third-order valence-corrected chi connectivity index (χ3v) is 12.7. The van der Waals surface area contributed by atoms with Gasteiger partial charge in [-0.15, -0.1) is 11.8 Å². The number of aromatic amines is 1. The summed E-state index contributed by atoms with van der Waals surface area (Å²) in [4.78, 5) is 70.5. The predicted molar refractivity (Wildman–Crippen MR) is 180 cm³/mol. The van der Waals surface area contributed by atoms with Crippen LogP contribution < -0.4 is 19.8 Å². The Morgan fingerprint density at radius 1 is 0.980 bits per heavy atom. The van der Waals surface area contributed by atoms with Crippen LogP contribution in [-0.4, -0.2) is 47.1 Å². The van der Waals surface area contributed by atoms with Crippen molar-refractivity contribution in [3.8, 4) is 5.75 Å². The Labute approximate surface area is 288 Å². The molecule has 1 saturated heterocycles. The van der Waals surface area contributed by atoms with E-state index < -0.39 is 29.5 Å². The van der Waals surface area contributed by atoms with Gasteiger partial charge in [-0.05, 0) is 97.3 Å². The molecule has 13 heteroatoms. The van der Waals surface area contributed by atoms with E-state index >= 15 is 0 Å². The number of ether oxygens (including phenoxy) is 2. The van der Waals surface area contributed by atoms with Crippen LogP contribution in [-0.2, 0) is 19.1 Å². The van der Waals surface area contributed by atoms with Crippen LogP contribution in [0.4, 0.5) is 15.8 Å². The summed E-state index contributed by atoms with van der Waals surface area (Å²) in [5.41, 5.74) is 2.12. The van der Waals surface area contributed by atoms with Crippen LogP contribution in [0.3, 0.4) is 0 Å². The summed E-state index contributed by atoms with van der Waals surface area (Å²) in [6.45, 7) is 1.70. The monoisotopic (exact) mass is 699 g/mol. The van der Waals surface area contributed by atoms with Crippen molar-refractivity contribution in [2.75, 3.05) is 23.4 Å². The van der Waals surface area contributed by atoms with E-state index in [1.807, 2.05) is 18.2 Å². The zero-order chi connectivity index (χ0) is 34.0. The van der Waals surface area contributed by atoms with E-state index in [2.05, 4.69) is 10.3 Å². The summed E-state index contributed by atoms with van der Waals surface area (Å²) in [5, 5.41) is 3.48. The van der Waals surface area contributed by atoms with Gasteiger partial charge in [0.25, 0.3) is 5.91 Å². The summed E-state index contributed by atoms with van der Waals surface area (Å²) < 4.78 is 24.2. The number of thiazole rings is 1. The molecule has 2 bridgehead atoms. The number of aromatic nitrogens is 1. The first-order valence-corrected chi connectivity index (χ1v) is 17.7. The van der Waals surface area contributed by atoms with Gasteiger partial charge in [0.05, 0.1) is 34.7 Å². The Morgan fingerprint density at radius 2 is 1.71 bits per heavy atom. The first kappa shape index (κ1) is 31.5. The second kappa shape index (κ2) is 12.3. The van der Waals surface area contributed by atoms with Crippen molar-refractivity contribution >= 4 is 58.2 Å². The summed E-state index contributed by atoms with van der Waals surface area (Å²) in [5.74, 6) is -2.59. The first-order valence-electron chi connectivity index (χ1n) is 16.0. The highest BCUT2D eigenvalue weighted by molar-refractivity contribution is 8.00. The summed E-state index contributed by atoms with van der Waals surface area (Å²) in [6.07, 6.45) is 0.736. The number of esters is 1. The lowest BCUT2D eigenvalue weighted by Gasteiger charge is -2.43. The van der Waals surface area contributed by atoms with Crippen LogP contribution in [0.1, 0.15) is 40.1 Å². The molecule has 0 unspecified atom stereocenters. The number of fused-ring (bicyclic) bond motifs is 9. The highest BCUT2D eigenvalue weighted by atomic mass is 32.2. The van der Waals surface area contributed by atoms with Crippen LogP contribution in [0.15, 0.2) is 82.6 Å². The Hall–Kier alpha value is -4.75. The van der Waals surface area contributed by atoms with Crippen LogP contribution in [0.25, 0.3) is 0 Å². The minimum absolute atomic E-state index is 0.00273. The van der Waals surface area contributed by atoms with Gasteiger partial charge in [-0.25, -0.2) is 9.18 Å². The van der Waals surface area contributed by atoms with Crippen molar-refractivity contribution < 1.29 is 33.0 Å². The molecular formula is C36H30FN3O7S2. The molecule has 2 aliphatic carbocycles. The number of thioether (sulfide) groups is 1. The van der Waals surface area contributed by atoms with Gasteiger partial charge in [0.2, 0.25) is 11.8 Å². The van der Waals surface area contributed by atoms with Crippen molar-refractivity contribution in [3.05, 3.63) is 104 Å². The van der Waals surface area contributed by atoms with E-state index in [0.29, 0.717) is 22.7 Å². The van der Waals surface area contributed by atoms with Gasteiger partial charge in [0, 0.05) is 21.7 Å². The SMILES string of the molecule is CCOC(=O)c1ccc(N2C(=O)[C@H]3[C@H]4C[C@@H]([C@@H]3C2=O)[C@@H]2[C@H](c3cccc(OCC(=O)Nc5ccc(F)cc5)c3)c3sc(=O)[nH]c3S[C@H]42)cc1. The summed E-state index contributed by atoms with van der Waals surface area (Å²) in [6, 6.07) is 19.3. The number of nitrogens with zero attached hydrogens (tertiary/aromatic N) is 1. The van der Waals surface area contributed by atoms with E-state index in [4.69, 9.17) is 9.47 Å². The number of hydrogen-bond acceptors (Lipinski definition) is 9. The van der Waals surface area contributed by atoms with Crippen molar-refractivity contribution in [1.82, 2.24) is 4.98 Å². The molecule has 1 aromatic heterocycles.